The predicted octanol–water partition coefficient (Wildman–Crippen LogP) is 3.20. The van der Waals surface area contributed by atoms with Gasteiger partial charge in [-0.05, 0) is 19.1 Å². The van der Waals surface area contributed by atoms with Gasteiger partial charge in [-0.15, -0.1) is 0 Å². The molecule has 0 aliphatic carbocycles. The van der Waals surface area contributed by atoms with Gasteiger partial charge in [0.05, 0.1) is 20.3 Å². The average molecular weight is 287 g/mol. The molecule has 2 aromatic carbocycles. The fourth-order valence-electron chi connectivity index (χ4n) is 2.22. The number of methoxy groups -OCH3 is 1. The Morgan fingerprint density at radius 1 is 1.05 bits per heavy atom. The van der Waals surface area contributed by atoms with E-state index in [2.05, 4.69) is 5.32 Å². The summed E-state index contributed by atoms with van der Waals surface area (Å²) in [5, 5.41) is 12.7. The van der Waals surface area contributed by atoms with Crippen molar-refractivity contribution >= 4 is 5.69 Å². The topological polar surface area (TPSA) is 50.7 Å². The normalized spacial score (nSPS) is 10.2. The summed E-state index contributed by atoms with van der Waals surface area (Å²) in [7, 11) is 1.64. The fourth-order valence-corrected chi connectivity index (χ4v) is 2.22. The summed E-state index contributed by atoms with van der Waals surface area (Å²) in [6.07, 6.45) is 0. The van der Waals surface area contributed by atoms with Crippen molar-refractivity contribution in [1.29, 1.82) is 0 Å². The van der Waals surface area contributed by atoms with Gasteiger partial charge in [-0.25, -0.2) is 0 Å². The van der Waals surface area contributed by atoms with E-state index in [1.807, 2.05) is 49.4 Å². The van der Waals surface area contributed by atoms with Crippen LogP contribution in [-0.4, -0.2) is 18.8 Å². The molecule has 0 heterocycles. The van der Waals surface area contributed by atoms with Gasteiger partial charge in [0.25, 0.3) is 0 Å². The van der Waals surface area contributed by atoms with Gasteiger partial charge in [0.2, 0.25) is 0 Å². The maximum absolute atomic E-state index is 9.35. The molecule has 0 atom stereocenters. The molecule has 0 fully saturated rings. The minimum absolute atomic E-state index is 0.0132. The van der Waals surface area contributed by atoms with Crippen LogP contribution in [0, 0.1) is 0 Å². The molecule has 0 aliphatic heterocycles. The summed E-state index contributed by atoms with van der Waals surface area (Å²) in [6.45, 7) is 3.16. The van der Waals surface area contributed by atoms with Crippen molar-refractivity contribution in [2.45, 2.75) is 20.1 Å². The molecule has 0 aromatic heterocycles. The molecule has 4 heteroatoms. The van der Waals surface area contributed by atoms with Crippen molar-refractivity contribution in [3.8, 4) is 11.5 Å². The highest BCUT2D eigenvalue weighted by molar-refractivity contribution is 5.53. The monoisotopic (exact) mass is 287 g/mol. The van der Waals surface area contributed by atoms with E-state index in [0.29, 0.717) is 13.2 Å². The van der Waals surface area contributed by atoms with Crippen LogP contribution in [0.3, 0.4) is 0 Å². The Morgan fingerprint density at radius 3 is 2.52 bits per heavy atom. The van der Waals surface area contributed by atoms with E-state index in [4.69, 9.17) is 9.47 Å². The summed E-state index contributed by atoms with van der Waals surface area (Å²) in [5.74, 6) is 1.49. The molecule has 0 radical (unpaired) electrons. The number of rotatable bonds is 7. The Balaban J connectivity index is 2.18. The second kappa shape index (κ2) is 7.55. The molecular formula is C17H21NO3. The SMILES string of the molecule is CCOc1cccc(CNc2ccccc2CO)c1OC. The molecule has 0 amide bonds. The number of hydrogen-bond acceptors (Lipinski definition) is 4. The molecule has 2 aromatic rings. The maximum Gasteiger partial charge on any atom is 0.165 e. The zero-order valence-corrected chi connectivity index (χ0v) is 12.4. The van der Waals surface area contributed by atoms with Gasteiger partial charge in [0.15, 0.2) is 11.5 Å². The first-order valence-corrected chi connectivity index (χ1v) is 7.01. The summed E-state index contributed by atoms with van der Waals surface area (Å²) >= 11 is 0. The highest BCUT2D eigenvalue weighted by Gasteiger charge is 2.10. The molecule has 4 nitrogen and oxygen atoms in total. The van der Waals surface area contributed by atoms with Crippen molar-refractivity contribution in [2.75, 3.05) is 19.0 Å². The molecular weight excluding hydrogens is 266 g/mol. The van der Waals surface area contributed by atoms with E-state index >= 15 is 0 Å². The smallest absolute Gasteiger partial charge is 0.165 e. The van der Waals surface area contributed by atoms with Crippen molar-refractivity contribution in [3.05, 3.63) is 53.6 Å². The van der Waals surface area contributed by atoms with Crippen LogP contribution in [-0.2, 0) is 13.2 Å². The zero-order chi connectivity index (χ0) is 15.1. The molecule has 0 spiro atoms. The molecule has 0 saturated carbocycles. The lowest BCUT2D eigenvalue weighted by atomic mass is 10.1. The lowest BCUT2D eigenvalue weighted by Gasteiger charge is -2.15. The van der Waals surface area contributed by atoms with E-state index in [9.17, 15) is 5.11 Å². The predicted molar refractivity (Wildman–Crippen MR) is 83.9 cm³/mol. The lowest BCUT2D eigenvalue weighted by molar-refractivity contribution is 0.282. The van der Waals surface area contributed by atoms with Crippen molar-refractivity contribution in [3.63, 3.8) is 0 Å². The summed E-state index contributed by atoms with van der Waals surface area (Å²) in [4.78, 5) is 0. The average Bonchev–Trinajstić information content (AvgIpc) is 2.53. The number of anilines is 1. The van der Waals surface area contributed by atoms with Crippen LogP contribution in [0.25, 0.3) is 0 Å². The number of aliphatic hydroxyl groups excluding tert-OH is 1. The Labute approximate surface area is 125 Å². The van der Waals surface area contributed by atoms with Crippen LogP contribution in [0.5, 0.6) is 11.5 Å². The Bertz CT molecular complexity index is 584. The van der Waals surface area contributed by atoms with Gasteiger partial charge in [0, 0.05) is 23.4 Å². The second-order valence-corrected chi connectivity index (χ2v) is 4.55. The van der Waals surface area contributed by atoms with E-state index in [0.717, 1.165) is 28.3 Å². The highest BCUT2D eigenvalue weighted by Crippen LogP contribution is 2.31. The van der Waals surface area contributed by atoms with Gasteiger partial charge in [-0.1, -0.05) is 30.3 Å². The molecule has 0 bridgehead atoms. The third kappa shape index (κ3) is 3.67. The van der Waals surface area contributed by atoms with Crippen molar-refractivity contribution < 1.29 is 14.6 Å². The minimum Gasteiger partial charge on any atom is -0.493 e. The number of ether oxygens (including phenoxy) is 2. The van der Waals surface area contributed by atoms with Gasteiger partial charge in [-0.3, -0.25) is 0 Å². The van der Waals surface area contributed by atoms with Crippen LogP contribution in [0.1, 0.15) is 18.1 Å². The molecule has 0 unspecified atom stereocenters. The molecule has 2 N–H and O–H groups in total. The van der Waals surface area contributed by atoms with Gasteiger partial charge >= 0.3 is 0 Å². The van der Waals surface area contributed by atoms with Gasteiger partial charge in [-0.2, -0.15) is 0 Å². The lowest BCUT2D eigenvalue weighted by Crippen LogP contribution is -2.05. The van der Waals surface area contributed by atoms with Crippen LogP contribution in [0.2, 0.25) is 0 Å². The van der Waals surface area contributed by atoms with Crippen molar-refractivity contribution in [2.24, 2.45) is 0 Å². The number of para-hydroxylation sites is 2. The number of nitrogens with one attached hydrogen (secondary N) is 1. The quantitative estimate of drug-likeness (QED) is 0.821. The second-order valence-electron chi connectivity index (χ2n) is 4.55. The Hall–Kier alpha value is -2.20. The molecule has 2 rings (SSSR count). The maximum atomic E-state index is 9.35. The third-order valence-electron chi connectivity index (χ3n) is 3.22. The summed E-state index contributed by atoms with van der Waals surface area (Å²) < 4.78 is 11.0. The first kappa shape index (κ1) is 15.2. The first-order valence-electron chi connectivity index (χ1n) is 7.01. The van der Waals surface area contributed by atoms with E-state index in [1.54, 1.807) is 7.11 Å². The third-order valence-corrected chi connectivity index (χ3v) is 3.22. The Kier molecular flexibility index (Phi) is 5.46. The Morgan fingerprint density at radius 2 is 1.81 bits per heavy atom. The minimum atomic E-state index is 0.0132. The standard InChI is InChI=1S/C17H21NO3/c1-3-21-16-10-6-8-13(17(16)20-2)11-18-15-9-5-4-7-14(15)12-19/h4-10,18-19H,3,11-12H2,1-2H3. The zero-order valence-electron chi connectivity index (χ0n) is 12.4. The molecule has 21 heavy (non-hydrogen) atoms. The van der Waals surface area contributed by atoms with Crippen LogP contribution < -0.4 is 14.8 Å². The van der Waals surface area contributed by atoms with E-state index < -0.39 is 0 Å². The number of aliphatic hydroxyl groups is 1. The van der Waals surface area contributed by atoms with Crippen LogP contribution >= 0.6 is 0 Å². The van der Waals surface area contributed by atoms with Crippen LogP contribution in [0.4, 0.5) is 5.69 Å². The van der Waals surface area contributed by atoms with Gasteiger partial charge in [0.1, 0.15) is 0 Å². The number of hydrogen-bond donors (Lipinski definition) is 2. The molecule has 112 valence electrons. The number of benzene rings is 2. The summed E-state index contributed by atoms with van der Waals surface area (Å²) in [5.41, 5.74) is 2.80. The first-order chi connectivity index (χ1) is 10.3. The van der Waals surface area contributed by atoms with E-state index in [1.165, 1.54) is 0 Å². The van der Waals surface area contributed by atoms with Crippen LogP contribution in [0.15, 0.2) is 42.5 Å². The fraction of sp³-hybridized carbons (Fsp3) is 0.294. The molecule has 0 aliphatic rings. The largest absolute Gasteiger partial charge is 0.493 e. The molecule has 0 saturated heterocycles. The highest BCUT2D eigenvalue weighted by atomic mass is 16.5. The van der Waals surface area contributed by atoms with Crippen molar-refractivity contribution in [1.82, 2.24) is 0 Å². The summed E-state index contributed by atoms with van der Waals surface area (Å²) in [6, 6.07) is 13.5. The van der Waals surface area contributed by atoms with E-state index in [-0.39, 0.29) is 6.61 Å². The van der Waals surface area contributed by atoms with Gasteiger partial charge < -0.3 is 19.9 Å².